The van der Waals surface area contributed by atoms with Crippen LogP contribution in [0.25, 0.3) is 0 Å². The summed E-state index contributed by atoms with van der Waals surface area (Å²) in [4.78, 5) is 24.5. The second-order valence-corrected chi connectivity index (χ2v) is 5.90. The smallest absolute Gasteiger partial charge is 0.277 e. The summed E-state index contributed by atoms with van der Waals surface area (Å²) in [6.45, 7) is 1.84. The molecule has 23 heavy (non-hydrogen) atoms. The molecule has 118 valence electrons. The third-order valence-electron chi connectivity index (χ3n) is 4.59. The van der Waals surface area contributed by atoms with Crippen LogP contribution < -0.4 is 15.3 Å². The Morgan fingerprint density at radius 1 is 1.09 bits per heavy atom. The molecule has 2 aromatic rings. The van der Waals surface area contributed by atoms with Gasteiger partial charge in [0, 0.05) is 37.2 Å². The number of nitrogens with one attached hydrogen (secondary N) is 1. The SMILES string of the molecule is O=C(NO)c1cnc(N2C[C@@H]3C[C@H]2CN3c2ccccc2)nc1. The van der Waals surface area contributed by atoms with Crippen LogP contribution in [-0.4, -0.2) is 46.3 Å². The van der Waals surface area contributed by atoms with Gasteiger partial charge in [-0.25, -0.2) is 15.4 Å². The highest BCUT2D eigenvalue weighted by molar-refractivity contribution is 5.92. The van der Waals surface area contributed by atoms with Crippen LogP contribution in [0, 0.1) is 0 Å². The number of hydrogen-bond donors (Lipinski definition) is 2. The summed E-state index contributed by atoms with van der Waals surface area (Å²) in [6, 6.07) is 11.3. The molecule has 2 aliphatic rings. The number of amides is 1. The van der Waals surface area contributed by atoms with Gasteiger partial charge in [0.1, 0.15) is 0 Å². The van der Waals surface area contributed by atoms with E-state index in [9.17, 15) is 4.79 Å². The first-order valence-corrected chi connectivity index (χ1v) is 7.61. The van der Waals surface area contributed by atoms with Crippen molar-refractivity contribution in [3.05, 3.63) is 48.3 Å². The van der Waals surface area contributed by atoms with Crippen molar-refractivity contribution in [2.75, 3.05) is 22.9 Å². The largest absolute Gasteiger partial charge is 0.365 e. The minimum Gasteiger partial charge on any atom is -0.365 e. The number of carbonyl (C=O) groups is 1. The molecule has 4 rings (SSSR count). The molecule has 0 saturated carbocycles. The fraction of sp³-hybridized carbons (Fsp3) is 0.312. The van der Waals surface area contributed by atoms with E-state index < -0.39 is 5.91 Å². The molecule has 2 bridgehead atoms. The van der Waals surface area contributed by atoms with Gasteiger partial charge in [-0.2, -0.15) is 0 Å². The Balaban J connectivity index is 1.49. The average molecular weight is 311 g/mol. The van der Waals surface area contributed by atoms with Gasteiger partial charge >= 0.3 is 0 Å². The minimum atomic E-state index is -0.602. The summed E-state index contributed by atoms with van der Waals surface area (Å²) < 4.78 is 0. The Morgan fingerprint density at radius 3 is 2.35 bits per heavy atom. The lowest BCUT2D eigenvalue weighted by Crippen LogP contribution is -2.47. The van der Waals surface area contributed by atoms with E-state index in [0.29, 0.717) is 18.0 Å². The first-order valence-electron chi connectivity index (χ1n) is 7.61. The molecule has 0 spiro atoms. The number of hydroxylamine groups is 1. The Morgan fingerprint density at radius 2 is 1.74 bits per heavy atom. The van der Waals surface area contributed by atoms with Gasteiger partial charge in [0.05, 0.1) is 11.6 Å². The van der Waals surface area contributed by atoms with Gasteiger partial charge in [-0.1, -0.05) is 18.2 Å². The maximum absolute atomic E-state index is 11.3. The van der Waals surface area contributed by atoms with E-state index >= 15 is 0 Å². The Bertz CT molecular complexity index is 706. The maximum Gasteiger partial charge on any atom is 0.277 e. The molecule has 0 aliphatic carbocycles. The van der Waals surface area contributed by atoms with Crippen LogP contribution in [-0.2, 0) is 0 Å². The van der Waals surface area contributed by atoms with Crippen molar-refractivity contribution in [3.8, 4) is 0 Å². The van der Waals surface area contributed by atoms with Crippen molar-refractivity contribution >= 4 is 17.5 Å². The second-order valence-electron chi connectivity index (χ2n) is 5.90. The zero-order valence-electron chi connectivity index (χ0n) is 12.5. The number of hydrogen-bond acceptors (Lipinski definition) is 6. The Labute approximate surface area is 133 Å². The predicted molar refractivity (Wildman–Crippen MR) is 84.6 cm³/mol. The quantitative estimate of drug-likeness (QED) is 0.652. The van der Waals surface area contributed by atoms with Crippen molar-refractivity contribution in [2.45, 2.75) is 18.5 Å². The molecule has 1 amide bonds. The molecule has 7 heteroatoms. The van der Waals surface area contributed by atoms with E-state index in [0.717, 1.165) is 19.5 Å². The number of para-hydroxylation sites is 1. The summed E-state index contributed by atoms with van der Waals surface area (Å²) >= 11 is 0. The third kappa shape index (κ3) is 2.39. The summed E-state index contributed by atoms with van der Waals surface area (Å²) in [5, 5.41) is 8.62. The molecule has 7 nitrogen and oxygen atoms in total. The van der Waals surface area contributed by atoms with Gasteiger partial charge in [0.15, 0.2) is 0 Å². The highest BCUT2D eigenvalue weighted by Gasteiger charge is 2.44. The van der Waals surface area contributed by atoms with Crippen molar-refractivity contribution < 1.29 is 10.0 Å². The van der Waals surface area contributed by atoms with Crippen molar-refractivity contribution in [3.63, 3.8) is 0 Å². The third-order valence-corrected chi connectivity index (χ3v) is 4.59. The lowest BCUT2D eigenvalue weighted by Gasteiger charge is -2.35. The molecule has 2 N–H and O–H groups in total. The number of rotatable bonds is 3. The van der Waals surface area contributed by atoms with Gasteiger partial charge in [-0.3, -0.25) is 10.0 Å². The van der Waals surface area contributed by atoms with Crippen LogP contribution in [0.4, 0.5) is 11.6 Å². The Kier molecular flexibility index (Phi) is 3.34. The van der Waals surface area contributed by atoms with E-state index in [4.69, 9.17) is 5.21 Å². The van der Waals surface area contributed by atoms with Crippen LogP contribution >= 0.6 is 0 Å². The van der Waals surface area contributed by atoms with Gasteiger partial charge in [-0.15, -0.1) is 0 Å². The number of nitrogens with zero attached hydrogens (tertiary/aromatic N) is 4. The van der Waals surface area contributed by atoms with E-state index in [1.54, 1.807) is 5.48 Å². The molecule has 1 aromatic carbocycles. The molecule has 1 aromatic heterocycles. The summed E-state index contributed by atoms with van der Waals surface area (Å²) in [5.41, 5.74) is 3.08. The topological polar surface area (TPSA) is 81.6 Å². The summed E-state index contributed by atoms with van der Waals surface area (Å²) in [7, 11) is 0. The highest BCUT2D eigenvalue weighted by atomic mass is 16.5. The van der Waals surface area contributed by atoms with Gasteiger partial charge in [0.2, 0.25) is 5.95 Å². The standard InChI is InChI=1S/C16H17N5O2/c22-15(19-23)11-7-17-16(18-8-11)21-10-13-6-14(21)9-20(13)12-4-2-1-3-5-12/h1-5,7-8,13-14,23H,6,9-10H2,(H,19,22)/t13-,14-/m0/s1. The van der Waals surface area contributed by atoms with Gasteiger partial charge in [0.25, 0.3) is 5.91 Å². The van der Waals surface area contributed by atoms with Crippen LogP contribution in [0.15, 0.2) is 42.7 Å². The Hall–Kier alpha value is -2.67. The van der Waals surface area contributed by atoms with Crippen molar-refractivity contribution in [1.29, 1.82) is 0 Å². The number of anilines is 2. The van der Waals surface area contributed by atoms with Crippen LogP contribution in [0.1, 0.15) is 16.8 Å². The van der Waals surface area contributed by atoms with E-state index in [1.165, 1.54) is 18.1 Å². The molecule has 2 saturated heterocycles. The van der Waals surface area contributed by atoms with Crippen LogP contribution in [0.3, 0.4) is 0 Å². The molecule has 3 heterocycles. The highest BCUT2D eigenvalue weighted by Crippen LogP contribution is 2.35. The lowest BCUT2D eigenvalue weighted by atomic mass is 10.2. The van der Waals surface area contributed by atoms with Crippen LogP contribution in [0.5, 0.6) is 0 Å². The molecule has 0 radical (unpaired) electrons. The second kappa shape index (κ2) is 5.51. The maximum atomic E-state index is 11.3. The van der Waals surface area contributed by atoms with Crippen LogP contribution in [0.2, 0.25) is 0 Å². The lowest BCUT2D eigenvalue weighted by molar-refractivity contribution is 0.0705. The monoisotopic (exact) mass is 311 g/mol. The van der Waals surface area contributed by atoms with Gasteiger partial charge in [-0.05, 0) is 18.6 Å². The molecule has 2 atom stereocenters. The van der Waals surface area contributed by atoms with E-state index in [1.807, 2.05) is 6.07 Å². The number of piperazine rings is 1. The number of benzene rings is 1. The average Bonchev–Trinajstić information content (AvgIpc) is 3.22. The fourth-order valence-electron chi connectivity index (χ4n) is 3.50. The van der Waals surface area contributed by atoms with Crippen molar-refractivity contribution in [1.82, 2.24) is 15.4 Å². The minimum absolute atomic E-state index is 0.242. The predicted octanol–water partition coefficient (Wildman–Crippen LogP) is 1.06. The molecule has 2 fully saturated rings. The fourth-order valence-corrected chi connectivity index (χ4v) is 3.50. The van der Waals surface area contributed by atoms with E-state index in [2.05, 4.69) is 44.0 Å². The number of fused-ring (bicyclic) bond motifs is 2. The zero-order chi connectivity index (χ0) is 15.8. The van der Waals surface area contributed by atoms with Crippen molar-refractivity contribution in [2.24, 2.45) is 0 Å². The first-order chi connectivity index (χ1) is 11.3. The zero-order valence-corrected chi connectivity index (χ0v) is 12.5. The first kappa shape index (κ1) is 14.0. The molecule has 2 aliphatic heterocycles. The normalized spacial score (nSPS) is 22.5. The summed E-state index contributed by atoms with van der Waals surface area (Å²) in [6.07, 6.45) is 3.97. The number of carbonyl (C=O) groups excluding carboxylic acids is 1. The number of aromatic nitrogens is 2. The molecular weight excluding hydrogens is 294 g/mol. The molecule has 0 unspecified atom stereocenters. The van der Waals surface area contributed by atoms with E-state index in [-0.39, 0.29) is 5.56 Å². The van der Waals surface area contributed by atoms with Gasteiger partial charge < -0.3 is 9.80 Å². The molecular formula is C16H17N5O2. The summed E-state index contributed by atoms with van der Waals surface area (Å²) in [5.74, 6) is 0.0365.